The van der Waals surface area contributed by atoms with E-state index in [1.807, 2.05) is 13.8 Å². The molecule has 0 spiro atoms. The van der Waals surface area contributed by atoms with E-state index in [4.69, 9.17) is 5.73 Å². The van der Waals surface area contributed by atoms with Crippen LogP contribution >= 0.6 is 0 Å². The van der Waals surface area contributed by atoms with Crippen molar-refractivity contribution < 1.29 is 9.90 Å². The van der Waals surface area contributed by atoms with Crippen LogP contribution in [0.15, 0.2) is 0 Å². The van der Waals surface area contributed by atoms with E-state index < -0.39 is 5.54 Å². The predicted octanol–water partition coefficient (Wildman–Crippen LogP) is 0.345. The van der Waals surface area contributed by atoms with E-state index in [2.05, 4.69) is 0 Å². The highest BCUT2D eigenvalue weighted by atomic mass is 16.3. The highest BCUT2D eigenvalue weighted by molar-refractivity contribution is 5.84. The maximum absolute atomic E-state index is 12.2. The third-order valence-electron chi connectivity index (χ3n) is 3.75. The van der Waals surface area contributed by atoms with Gasteiger partial charge in [0, 0.05) is 13.6 Å². The van der Waals surface area contributed by atoms with Gasteiger partial charge in [-0.1, -0.05) is 6.42 Å². The van der Waals surface area contributed by atoms with Crippen molar-refractivity contribution in [2.75, 3.05) is 20.2 Å². The summed E-state index contributed by atoms with van der Waals surface area (Å²) in [5.74, 6) is 0.0790. The van der Waals surface area contributed by atoms with Gasteiger partial charge < -0.3 is 15.7 Å². The molecule has 15 heavy (non-hydrogen) atoms. The van der Waals surface area contributed by atoms with Crippen LogP contribution in [0.1, 0.15) is 33.1 Å². The molecule has 3 N–H and O–H groups in total. The number of hydrogen-bond donors (Lipinski definition) is 2. The van der Waals surface area contributed by atoms with Gasteiger partial charge in [0.05, 0.1) is 17.6 Å². The van der Waals surface area contributed by atoms with E-state index in [-0.39, 0.29) is 17.9 Å². The Labute approximate surface area is 91.4 Å². The van der Waals surface area contributed by atoms with Gasteiger partial charge in [-0.15, -0.1) is 0 Å². The Kier molecular flexibility index (Phi) is 3.41. The van der Waals surface area contributed by atoms with Gasteiger partial charge in [-0.3, -0.25) is 4.79 Å². The van der Waals surface area contributed by atoms with E-state index in [1.54, 1.807) is 11.9 Å². The molecule has 0 heterocycles. The molecule has 1 saturated carbocycles. The second-order valence-corrected chi connectivity index (χ2v) is 5.17. The first-order chi connectivity index (χ1) is 6.89. The number of carbonyl (C=O) groups is 1. The van der Waals surface area contributed by atoms with Crippen LogP contribution < -0.4 is 5.73 Å². The zero-order chi connectivity index (χ0) is 11.7. The van der Waals surface area contributed by atoms with E-state index in [0.717, 1.165) is 19.3 Å². The fourth-order valence-electron chi connectivity index (χ4n) is 1.85. The van der Waals surface area contributed by atoms with Gasteiger partial charge in [0.25, 0.3) is 0 Å². The zero-order valence-corrected chi connectivity index (χ0v) is 9.92. The van der Waals surface area contributed by atoms with Crippen LogP contribution in [0, 0.1) is 5.41 Å². The highest BCUT2D eigenvalue weighted by Crippen LogP contribution is 2.42. The van der Waals surface area contributed by atoms with Crippen LogP contribution in [-0.2, 0) is 4.79 Å². The standard InChI is InChI=1S/C11H22N2O2/c1-10(2,8-14)13(3)9(15)11(7-12)5-4-6-11/h14H,4-8,12H2,1-3H3. The van der Waals surface area contributed by atoms with Crippen LogP contribution in [0.4, 0.5) is 0 Å². The van der Waals surface area contributed by atoms with Crippen molar-refractivity contribution in [3.8, 4) is 0 Å². The summed E-state index contributed by atoms with van der Waals surface area (Å²) in [5, 5.41) is 9.22. The third kappa shape index (κ3) is 2.01. The molecule has 0 unspecified atom stereocenters. The van der Waals surface area contributed by atoms with Crippen molar-refractivity contribution in [1.82, 2.24) is 4.90 Å². The molecule has 0 aromatic carbocycles. The maximum Gasteiger partial charge on any atom is 0.230 e. The van der Waals surface area contributed by atoms with E-state index >= 15 is 0 Å². The largest absolute Gasteiger partial charge is 0.394 e. The summed E-state index contributed by atoms with van der Waals surface area (Å²) >= 11 is 0. The molecular formula is C11H22N2O2. The molecule has 1 aliphatic rings. The van der Waals surface area contributed by atoms with Crippen molar-refractivity contribution in [1.29, 1.82) is 0 Å². The van der Waals surface area contributed by atoms with Gasteiger partial charge in [-0.2, -0.15) is 0 Å². The molecule has 0 atom stereocenters. The quantitative estimate of drug-likeness (QED) is 0.709. The van der Waals surface area contributed by atoms with E-state index in [0.29, 0.717) is 6.54 Å². The number of rotatable bonds is 4. The molecule has 4 nitrogen and oxygen atoms in total. The van der Waals surface area contributed by atoms with Crippen molar-refractivity contribution in [3.63, 3.8) is 0 Å². The summed E-state index contributed by atoms with van der Waals surface area (Å²) in [6.07, 6.45) is 2.85. The molecule has 1 amide bonds. The number of hydrogen-bond acceptors (Lipinski definition) is 3. The predicted molar refractivity (Wildman–Crippen MR) is 59.3 cm³/mol. The van der Waals surface area contributed by atoms with Gasteiger partial charge in [-0.25, -0.2) is 0 Å². The third-order valence-corrected chi connectivity index (χ3v) is 3.75. The van der Waals surface area contributed by atoms with Crippen LogP contribution in [-0.4, -0.2) is 41.7 Å². The lowest BCUT2D eigenvalue weighted by Crippen LogP contribution is -2.57. The first-order valence-corrected chi connectivity index (χ1v) is 5.49. The fraction of sp³-hybridized carbons (Fsp3) is 0.909. The Bertz CT molecular complexity index is 241. The first-order valence-electron chi connectivity index (χ1n) is 5.49. The summed E-state index contributed by atoms with van der Waals surface area (Å²) in [7, 11) is 1.74. The zero-order valence-electron chi connectivity index (χ0n) is 9.92. The molecule has 0 saturated heterocycles. The number of aliphatic hydroxyl groups is 1. The Morgan fingerprint density at radius 2 is 2.07 bits per heavy atom. The van der Waals surface area contributed by atoms with Gasteiger partial charge in [0.2, 0.25) is 5.91 Å². The molecule has 0 aliphatic heterocycles. The first kappa shape index (κ1) is 12.5. The second kappa shape index (κ2) is 4.10. The normalized spacial score (nSPS) is 19.5. The van der Waals surface area contributed by atoms with E-state index in [1.165, 1.54) is 0 Å². The molecule has 88 valence electrons. The van der Waals surface area contributed by atoms with Gasteiger partial charge in [0.1, 0.15) is 0 Å². The maximum atomic E-state index is 12.2. The molecule has 0 aromatic rings. The summed E-state index contributed by atoms with van der Waals surface area (Å²) in [6.45, 7) is 4.09. The number of carbonyl (C=O) groups excluding carboxylic acids is 1. The number of likely N-dealkylation sites (N-methyl/N-ethyl adjacent to an activating group) is 1. The minimum Gasteiger partial charge on any atom is -0.394 e. The number of nitrogens with zero attached hydrogens (tertiary/aromatic N) is 1. The molecule has 4 heteroatoms. The molecule has 1 aliphatic carbocycles. The molecule has 1 rings (SSSR count). The van der Waals surface area contributed by atoms with Crippen molar-refractivity contribution >= 4 is 5.91 Å². The van der Waals surface area contributed by atoms with E-state index in [9.17, 15) is 9.90 Å². The van der Waals surface area contributed by atoms with Gasteiger partial charge in [-0.05, 0) is 26.7 Å². The average molecular weight is 214 g/mol. The summed E-state index contributed by atoms with van der Waals surface area (Å²) in [6, 6.07) is 0. The summed E-state index contributed by atoms with van der Waals surface area (Å²) in [4.78, 5) is 13.9. The van der Waals surface area contributed by atoms with Crippen molar-refractivity contribution in [2.45, 2.75) is 38.6 Å². The molecular weight excluding hydrogens is 192 g/mol. The van der Waals surface area contributed by atoms with Crippen LogP contribution in [0.3, 0.4) is 0 Å². The summed E-state index contributed by atoms with van der Waals surface area (Å²) < 4.78 is 0. The Hall–Kier alpha value is -0.610. The fourth-order valence-corrected chi connectivity index (χ4v) is 1.85. The second-order valence-electron chi connectivity index (χ2n) is 5.17. The lowest BCUT2D eigenvalue weighted by atomic mass is 9.67. The molecule has 1 fully saturated rings. The Morgan fingerprint density at radius 1 is 1.53 bits per heavy atom. The average Bonchev–Trinajstić information content (AvgIpc) is 2.15. The lowest BCUT2D eigenvalue weighted by Gasteiger charge is -2.46. The highest BCUT2D eigenvalue weighted by Gasteiger charge is 2.46. The number of aliphatic hydroxyl groups excluding tert-OH is 1. The minimum atomic E-state index is -0.505. The molecule has 0 aromatic heterocycles. The monoisotopic (exact) mass is 214 g/mol. The number of amides is 1. The SMILES string of the molecule is CN(C(=O)C1(CN)CCC1)C(C)(C)CO. The molecule has 0 bridgehead atoms. The van der Waals surface area contributed by atoms with Gasteiger partial charge >= 0.3 is 0 Å². The number of nitrogens with two attached hydrogens (primary N) is 1. The minimum absolute atomic E-state index is 0.0319. The smallest absolute Gasteiger partial charge is 0.230 e. The Balaban J connectivity index is 2.76. The van der Waals surface area contributed by atoms with Crippen LogP contribution in [0.25, 0.3) is 0 Å². The van der Waals surface area contributed by atoms with Crippen molar-refractivity contribution in [2.24, 2.45) is 11.1 Å². The topological polar surface area (TPSA) is 66.6 Å². The Morgan fingerprint density at radius 3 is 2.33 bits per heavy atom. The van der Waals surface area contributed by atoms with Gasteiger partial charge in [0.15, 0.2) is 0 Å². The van der Waals surface area contributed by atoms with Crippen LogP contribution in [0.5, 0.6) is 0 Å². The molecule has 0 radical (unpaired) electrons. The summed E-state index contributed by atoms with van der Waals surface area (Å²) in [5.41, 5.74) is 4.83. The lowest BCUT2D eigenvalue weighted by molar-refractivity contribution is -0.151. The van der Waals surface area contributed by atoms with Crippen molar-refractivity contribution in [3.05, 3.63) is 0 Å². The van der Waals surface area contributed by atoms with Crippen LogP contribution in [0.2, 0.25) is 0 Å².